The van der Waals surface area contributed by atoms with Crippen LogP contribution >= 0.6 is 0 Å². The van der Waals surface area contributed by atoms with Crippen LogP contribution in [0.3, 0.4) is 0 Å². The Morgan fingerprint density at radius 3 is 3.00 bits per heavy atom. The molecule has 1 heterocycles. The lowest BCUT2D eigenvalue weighted by atomic mass is 10.1. The third kappa shape index (κ3) is 3.93. The molecule has 0 radical (unpaired) electrons. The average molecular weight is 264 g/mol. The molecule has 2 atom stereocenters. The Hall–Kier alpha value is -1.10. The molecule has 1 aromatic rings. The highest BCUT2D eigenvalue weighted by Gasteiger charge is 2.19. The minimum Gasteiger partial charge on any atom is -0.490 e. The normalized spacial score (nSPS) is 22.2. The van der Waals surface area contributed by atoms with Gasteiger partial charge in [0, 0.05) is 24.7 Å². The van der Waals surface area contributed by atoms with E-state index in [-0.39, 0.29) is 12.1 Å². The number of rotatable bonds is 5. The van der Waals surface area contributed by atoms with Crippen LogP contribution in [0.2, 0.25) is 0 Å². The van der Waals surface area contributed by atoms with Crippen LogP contribution in [0.25, 0.3) is 0 Å². The molecule has 0 aromatic heterocycles. The quantitative estimate of drug-likeness (QED) is 0.877. The zero-order valence-electron chi connectivity index (χ0n) is 12.1. The number of ether oxygens (including phenoxy) is 2. The third-order valence-electron chi connectivity index (χ3n) is 3.59. The fourth-order valence-electron chi connectivity index (χ4n) is 2.28. The molecule has 2 unspecified atom stereocenters. The second-order valence-electron chi connectivity index (χ2n) is 5.11. The third-order valence-corrected chi connectivity index (χ3v) is 3.59. The molecule has 1 fully saturated rings. The summed E-state index contributed by atoms with van der Waals surface area (Å²) in [5.74, 6) is 0.946. The van der Waals surface area contributed by atoms with Crippen LogP contribution in [-0.2, 0) is 4.74 Å². The van der Waals surface area contributed by atoms with Crippen molar-refractivity contribution in [1.29, 1.82) is 0 Å². The predicted octanol–water partition coefficient (Wildman–Crippen LogP) is 1.68. The highest BCUT2D eigenvalue weighted by molar-refractivity contribution is 5.35. The summed E-state index contributed by atoms with van der Waals surface area (Å²) in [6.07, 6.45) is 0.164. The van der Waals surface area contributed by atoms with Crippen LogP contribution in [-0.4, -0.2) is 51.4 Å². The van der Waals surface area contributed by atoms with Gasteiger partial charge in [-0.2, -0.15) is 0 Å². The van der Waals surface area contributed by atoms with Gasteiger partial charge in [0.25, 0.3) is 0 Å². The van der Waals surface area contributed by atoms with E-state index in [4.69, 9.17) is 9.47 Å². The first kappa shape index (κ1) is 14.3. The molecule has 1 aromatic carbocycles. The van der Waals surface area contributed by atoms with Crippen molar-refractivity contribution in [3.8, 4) is 5.75 Å². The molecule has 2 rings (SSSR count). The van der Waals surface area contributed by atoms with Crippen LogP contribution in [0.15, 0.2) is 24.3 Å². The van der Waals surface area contributed by atoms with E-state index in [9.17, 15) is 0 Å². The largest absolute Gasteiger partial charge is 0.490 e. The fraction of sp³-hybridized carbons (Fsp3) is 0.600. The van der Waals surface area contributed by atoms with Gasteiger partial charge in [0.2, 0.25) is 0 Å². The Labute approximate surface area is 115 Å². The lowest BCUT2D eigenvalue weighted by Gasteiger charge is -2.30. The predicted molar refractivity (Wildman–Crippen MR) is 76.6 cm³/mol. The Balaban J connectivity index is 1.95. The zero-order valence-corrected chi connectivity index (χ0v) is 12.1. The van der Waals surface area contributed by atoms with Crippen molar-refractivity contribution in [3.05, 3.63) is 29.8 Å². The molecule has 0 spiro atoms. The second kappa shape index (κ2) is 6.89. The van der Waals surface area contributed by atoms with Gasteiger partial charge in [-0.1, -0.05) is 18.2 Å². The first-order valence-corrected chi connectivity index (χ1v) is 6.90. The van der Waals surface area contributed by atoms with E-state index in [0.29, 0.717) is 6.61 Å². The van der Waals surface area contributed by atoms with Crippen molar-refractivity contribution >= 4 is 0 Å². The molecule has 1 aliphatic rings. The molecule has 0 amide bonds. The summed E-state index contributed by atoms with van der Waals surface area (Å²) in [5.41, 5.74) is 1.19. The molecule has 1 aliphatic heterocycles. The number of benzene rings is 1. The smallest absolute Gasteiger partial charge is 0.124 e. The molecule has 0 aliphatic carbocycles. The number of nitrogens with one attached hydrogen (secondary N) is 1. The second-order valence-corrected chi connectivity index (χ2v) is 5.11. The molecule has 1 saturated heterocycles. The van der Waals surface area contributed by atoms with Crippen molar-refractivity contribution in [2.75, 3.05) is 40.4 Å². The van der Waals surface area contributed by atoms with E-state index in [1.165, 1.54) is 5.56 Å². The van der Waals surface area contributed by atoms with Crippen molar-refractivity contribution in [2.24, 2.45) is 0 Å². The summed E-state index contributed by atoms with van der Waals surface area (Å²) in [7, 11) is 4.08. The molecule has 1 N–H and O–H groups in total. The average Bonchev–Trinajstić information content (AvgIpc) is 2.45. The molecule has 0 bridgehead atoms. The molecular formula is C15H24N2O2. The van der Waals surface area contributed by atoms with Gasteiger partial charge in [-0.25, -0.2) is 0 Å². The van der Waals surface area contributed by atoms with Gasteiger partial charge in [0.15, 0.2) is 0 Å². The highest BCUT2D eigenvalue weighted by Crippen LogP contribution is 2.24. The Bertz CT molecular complexity index is 397. The van der Waals surface area contributed by atoms with Gasteiger partial charge in [0.05, 0.1) is 6.61 Å². The van der Waals surface area contributed by atoms with E-state index >= 15 is 0 Å². The van der Waals surface area contributed by atoms with E-state index in [2.05, 4.69) is 30.3 Å². The monoisotopic (exact) mass is 264 g/mol. The molecule has 19 heavy (non-hydrogen) atoms. The summed E-state index contributed by atoms with van der Waals surface area (Å²) in [6, 6.07) is 8.46. The van der Waals surface area contributed by atoms with Crippen LogP contribution < -0.4 is 10.1 Å². The first-order chi connectivity index (χ1) is 9.20. The minimum atomic E-state index is 0.164. The fourth-order valence-corrected chi connectivity index (χ4v) is 2.28. The first-order valence-electron chi connectivity index (χ1n) is 6.90. The van der Waals surface area contributed by atoms with Crippen LogP contribution in [0, 0.1) is 0 Å². The van der Waals surface area contributed by atoms with Crippen LogP contribution in [0.1, 0.15) is 18.5 Å². The van der Waals surface area contributed by atoms with Crippen LogP contribution in [0.4, 0.5) is 0 Å². The number of likely N-dealkylation sites (N-methyl/N-ethyl adjacent to an activating group) is 1. The molecule has 106 valence electrons. The highest BCUT2D eigenvalue weighted by atomic mass is 16.5. The van der Waals surface area contributed by atoms with E-state index < -0.39 is 0 Å². The van der Waals surface area contributed by atoms with E-state index in [1.807, 2.05) is 25.2 Å². The van der Waals surface area contributed by atoms with Gasteiger partial charge in [-0.05, 0) is 27.1 Å². The SMILES string of the molecule is CNC(C)c1ccccc1OCC1CN(C)CCO1. The number of nitrogens with zero attached hydrogens (tertiary/aromatic N) is 1. The summed E-state index contributed by atoms with van der Waals surface area (Å²) in [5, 5.41) is 3.25. The van der Waals surface area contributed by atoms with Crippen molar-refractivity contribution in [1.82, 2.24) is 10.2 Å². The maximum atomic E-state index is 5.96. The summed E-state index contributed by atoms with van der Waals surface area (Å²) in [6.45, 7) is 5.47. The van der Waals surface area contributed by atoms with Crippen molar-refractivity contribution < 1.29 is 9.47 Å². The summed E-state index contributed by atoms with van der Waals surface area (Å²) >= 11 is 0. The lowest BCUT2D eigenvalue weighted by Crippen LogP contribution is -2.42. The molecular weight excluding hydrogens is 240 g/mol. The Morgan fingerprint density at radius 2 is 2.26 bits per heavy atom. The molecule has 4 nitrogen and oxygen atoms in total. The van der Waals surface area contributed by atoms with E-state index in [1.54, 1.807) is 0 Å². The minimum absolute atomic E-state index is 0.164. The summed E-state index contributed by atoms with van der Waals surface area (Å²) < 4.78 is 11.7. The standard InChI is InChI=1S/C15H24N2O2/c1-12(16-2)14-6-4-5-7-15(14)19-11-13-10-17(3)8-9-18-13/h4-7,12-13,16H,8-11H2,1-3H3. The van der Waals surface area contributed by atoms with E-state index in [0.717, 1.165) is 25.4 Å². The lowest BCUT2D eigenvalue weighted by molar-refractivity contribution is -0.0405. The van der Waals surface area contributed by atoms with Crippen molar-refractivity contribution in [2.45, 2.75) is 19.1 Å². The topological polar surface area (TPSA) is 33.7 Å². The van der Waals surface area contributed by atoms with Gasteiger partial charge in [0.1, 0.15) is 18.5 Å². The summed E-state index contributed by atoms with van der Waals surface area (Å²) in [4.78, 5) is 2.28. The van der Waals surface area contributed by atoms with Gasteiger partial charge < -0.3 is 19.7 Å². The maximum absolute atomic E-state index is 5.96. The van der Waals surface area contributed by atoms with Crippen LogP contribution in [0.5, 0.6) is 5.75 Å². The maximum Gasteiger partial charge on any atom is 0.124 e. The number of para-hydroxylation sites is 1. The van der Waals surface area contributed by atoms with Crippen molar-refractivity contribution in [3.63, 3.8) is 0 Å². The molecule has 4 heteroatoms. The van der Waals surface area contributed by atoms with Gasteiger partial charge in [-0.3, -0.25) is 0 Å². The number of hydrogen-bond acceptors (Lipinski definition) is 4. The Morgan fingerprint density at radius 1 is 1.47 bits per heavy atom. The van der Waals surface area contributed by atoms with Gasteiger partial charge in [-0.15, -0.1) is 0 Å². The Kier molecular flexibility index (Phi) is 5.19. The number of morpholine rings is 1. The van der Waals surface area contributed by atoms with Gasteiger partial charge >= 0.3 is 0 Å². The zero-order chi connectivity index (χ0) is 13.7. The number of hydrogen-bond donors (Lipinski definition) is 1. The molecule has 0 saturated carbocycles.